The van der Waals surface area contributed by atoms with Crippen LogP contribution in [0.5, 0.6) is 0 Å². The van der Waals surface area contributed by atoms with Gasteiger partial charge in [0.1, 0.15) is 5.39 Å². The zero-order valence-corrected chi connectivity index (χ0v) is 17.0. The van der Waals surface area contributed by atoms with Crippen LogP contribution in [0.15, 0.2) is 41.3 Å². The molecule has 3 aromatic rings. The number of alkyl halides is 3. The van der Waals surface area contributed by atoms with E-state index in [2.05, 4.69) is 21.5 Å². The van der Waals surface area contributed by atoms with Crippen molar-refractivity contribution in [1.29, 1.82) is 5.26 Å². The van der Waals surface area contributed by atoms with E-state index in [4.69, 9.17) is 4.74 Å². The maximum Gasteiger partial charge on any atom is 0.421 e. The number of anilines is 2. The summed E-state index contributed by atoms with van der Waals surface area (Å²) in [6.45, 7) is 1.41. The Balaban J connectivity index is 1.71. The van der Waals surface area contributed by atoms with Crippen LogP contribution in [-0.2, 0) is 10.3 Å². The van der Waals surface area contributed by atoms with Gasteiger partial charge in [0, 0.05) is 18.5 Å². The molecule has 0 aliphatic carbocycles. The third kappa shape index (κ3) is 3.72. The maximum atomic E-state index is 13.1. The minimum Gasteiger partial charge on any atom is -0.379 e. The average Bonchev–Trinajstić information content (AvgIpc) is 3.12. The summed E-state index contributed by atoms with van der Waals surface area (Å²) in [4.78, 5) is 15.1. The molecule has 0 bridgehead atoms. The molecule has 1 aliphatic rings. The standard InChI is InChI=1S/C21H20F3N5O3/c1-20(31,21(22,23)24)13-2-4-14(5-3-13)27-18-17-15(6-8-26-19(17)30)29(28-18)16-11-32-9-7-12(16)10-25/h2-6,8,12,16,31H,7,9,11H2,1H3,(H,26,30)(H,27,28)/t12?,16-,20?/m0/s1. The average molecular weight is 447 g/mol. The Hall–Kier alpha value is -3.36. The minimum absolute atomic E-state index is 0.194. The number of aromatic nitrogens is 3. The van der Waals surface area contributed by atoms with Gasteiger partial charge in [0.25, 0.3) is 5.56 Å². The molecule has 168 valence electrons. The number of benzene rings is 1. The number of hydrogen-bond donors (Lipinski definition) is 3. The lowest BCUT2D eigenvalue weighted by atomic mass is 9.95. The smallest absolute Gasteiger partial charge is 0.379 e. The van der Waals surface area contributed by atoms with E-state index in [0.29, 0.717) is 31.2 Å². The molecule has 1 fully saturated rings. The van der Waals surface area contributed by atoms with Gasteiger partial charge < -0.3 is 20.1 Å². The van der Waals surface area contributed by atoms with Crippen LogP contribution in [0.2, 0.25) is 0 Å². The fourth-order valence-electron chi connectivity index (χ4n) is 3.73. The summed E-state index contributed by atoms with van der Waals surface area (Å²) in [5, 5.41) is 27.1. The van der Waals surface area contributed by atoms with Gasteiger partial charge in [-0.1, -0.05) is 12.1 Å². The van der Waals surface area contributed by atoms with Crippen LogP contribution >= 0.6 is 0 Å². The molecule has 1 aliphatic heterocycles. The Morgan fingerprint density at radius 1 is 1.31 bits per heavy atom. The van der Waals surface area contributed by atoms with Crippen LogP contribution < -0.4 is 10.9 Å². The second kappa shape index (κ2) is 7.96. The van der Waals surface area contributed by atoms with Gasteiger partial charge in [-0.15, -0.1) is 0 Å². The van der Waals surface area contributed by atoms with Crippen molar-refractivity contribution < 1.29 is 23.0 Å². The Morgan fingerprint density at radius 2 is 2.03 bits per heavy atom. The Labute approximate surface area is 180 Å². The summed E-state index contributed by atoms with van der Waals surface area (Å²) in [6.07, 6.45) is -2.82. The largest absolute Gasteiger partial charge is 0.421 e. The first-order valence-corrected chi connectivity index (χ1v) is 9.87. The lowest BCUT2D eigenvalue weighted by Crippen LogP contribution is -2.39. The van der Waals surface area contributed by atoms with E-state index < -0.39 is 23.4 Å². The van der Waals surface area contributed by atoms with E-state index >= 15 is 0 Å². The second-order valence-corrected chi connectivity index (χ2v) is 7.80. The van der Waals surface area contributed by atoms with E-state index in [1.807, 2.05) is 0 Å². The van der Waals surface area contributed by atoms with Gasteiger partial charge in [0.15, 0.2) is 11.4 Å². The van der Waals surface area contributed by atoms with Gasteiger partial charge in [-0.2, -0.15) is 23.5 Å². The van der Waals surface area contributed by atoms with Crippen molar-refractivity contribution in [2.45, 2.75) is 31.2 Å². The van der Waals surface area contributed by atoms with Crippen molar-refractivity contribution in [3.63, 3.8) is 0 Å². The summed E-state index contributed by atoms with van der Waals surface area (Å²) in [5.74, 6) is -0.151. The molecule has 1 saturated heterocycles. The molecular weight excluding hydrogens is 427 g/mol. The SMILES string of the molecule is CC(O)(c1ccc(Nc2nn([C@H]3COCCC3C#N)c3cc[nH]c(=O)c23)cc1)C(F)(F)F. The monoisotopic (exact) mass is 447 g/mol. The summed E-state index contributed by atoms with van der Waals surface area (Å²) in [6, 6.07) is 8.56. The fourth-order valence-corrected chi connectivity index (χ4v) is 3.73. The molecule has 8 nitrogen and oxygen atoms in total. The third-order valence-electron chi connectivity index (χ3n) is 5.70. The Kier molecular flexibility index (Phi) is 5.44. The number of nitriles is 1. The number of rotatable bonds is 4. The summed E-state index contributed by atoms with van der Waals surface area (Å²) >= 11 is 0. The van der Waals surface area contributed by atoms with Gasteiger partial charge >= 0.3 is 6.18 Å². The molecule has 3 atom stereocenters. The van der Waals surface area contributed by atoms with Crippen LogP contribution in [0.4, 0.5) is 24.7 Å². The van der Waals surface area contributed by atoms with Crippen LogP contribution in [-0.4, -0.2) is 39.3 Å². The predicted molar refractivity (Wildman–Crippen MR) is 109 cm³/mol. The number of nitrogens with one attached hydrogen (secondary N) is 2. The summed E-state index contributed by atoms with van der Waals surface area (Å²) < 4.78 is 46.3. The topological polar surface area (TPSA) is 116 Å². The van der Waals surface area contributed by atoms with E-state index in [1.54, 1.807) is 10.7 Å². The first-order valence-electron chi connectivity index (χ1n) is 9.87. The number of hydrogen-bond acceptors (Lipinski definition) is 6. The Bertz CT molecular complexity index is 1220. The normalized spacial score (nSPS) is 21.1. The predicted octanol–water partition coefficient (Wildman–Crippen LogP) is 3.34. The van der Waals surface area contributed by atoms with Crippen LogP contribution in [0.1, 0.15) is 24.9 Å². The molecule has 32 heavy (non-hydrogen) atoms. The molecule has 11 heteroatoms. The molecule has 3 N–H and O–H groups in total. The third-order valence-corrected chi connectivity index (χ3v) is 5.70. The zero-order chi connectivity index (χ0) is 23.1. The van der Waals surface area contributed by atoms with Crippen LogP contribution in [0.3, 0.4) is 0 Å². The highest BCUT2D eigenvalue weighted by molar-refractivity contribution is 5.91. The lowest BCUT2D eigenvalue weighted by molar-refractivity contribution is -0.258. The highest BCUT2D eigenvalue weighted by Gasteiger charge is 2.51. The zero-order valence-electron chi connectivity index (χ0n) is 17.0. The maximum absolute atomic E-state index is 13.1. The molecule has 0 amide bonds. The highest BCUT2D eigenvalue weighted by Crippen LogP contribution is 2.39. The molecule has 0 spiro atoms. The fraction of sp³-hybridized carbons (Fsp3) is 0.381. The number of aliphatic hydroxyl groups is 1. The van der Waals surface area contributed by atoms with Gasteiger partial charge in [-0.3, -0.25) is 9.48 Å². The molecule has 0 saturated carbocycles. The number of nitrogens with zero attached hydrogens (tertiary/aromatic N) is 3. The quantitative estimate of drug-likeness (QED) is 0.565. The summed E-state index contributed by atoms with van der Waals surface area (Å²) in [5.41, 5.74) is -2.84. The number of aromatic amines is 1. The number of H-pyrrole nitrogens is 1. The van der Waals surface area contributed by atoms with Gasteiger partial charge in [-0.05, 0) is 37.1 Å². The molecule has 1 aromatic carbocycles. The minimum atomic E-state index is -4.83. The molecule has 3 heterocycles. The van der Waals surface area contributed by atoms with Crippen LogP contribution in [0.25, 0.3) is 10.9 Å². The molecule has 4 rings (SSSR count). The molecular formula is C21H20F3N5O3. The number of fused-ring (bicyclic) bond motifs is 1. The number of pyridine rings is 1. The van der Waals surface area contributed by atoms with Crippen LogP contribution in [0, 0.1) is 17.2 Å². The van der Waals surface area contributed by atoms with Crippen molar-refractivity contribution in [3.05, 3.63) is 52.4 Å². The van der Waals surface area contributed by atoms with E-state index in [1.165, 1.54) is 18.3 Å². The van der Waals surface area contributed by atoms with Crippen molar-refractivity contribution in [2.24, 2.45) is 5.92 Å². The lowest BCUT2D eigenvalue weighted by Gasteiger charge is -2.27. The van der Waals surface area contributed by atoms with Crippen molar-refractivity contribution in [1.82, 2.24) is 14.8 Å². The second-order valence-electron chi connectivity index (χ2n) is 7.80. The summed E-state index contributed by atoms with van der Waals surface area (Å²) in [7, 11) is 0. The molecule has 2 aromatic heterocycles. The number of ether oxygens (including phenoxy) is 1. The van der Waals surface area contributed by atoms with E-state index in [0.717, 1.165) is 12.1 Å². The van der Waals surface area contributed by atoms with E-state index in [-0.39, 0.29) is 29.3 Å². The first kappa shape index (κ1) is 21.9. The van der Waals surface area contributed by atoms with Gasteiger partial charge in [0.2, 0.25) is 0 Å². The molecule has 0 radical (unpaired) electrons. The highest BCUT2D eigenvalue weighted by atomic mass is 19.4. The van der Waals surface area contributed by atoms with Crippen molar-refractivity contribution in [3.8, 4) is 6.07 Å². The number of halogens is 3. The Morgan fingerprint density at radius 3 is 2.69 bits per heavy atom. The van der Waals surface area contributed by atoms with Gasteiger partial charge in [0.05, 0.1) is 30.2 Å². The van der Waals surface area contributed by atoms with Crippen molar-refractivity contribution >= 4 is 22.4 Å². The molecule has 2 unspecified atom stereocenters. The first-order chi connectivity index (χ1) is 15.1. The van der Waals surface area contributed by atoms with Gasteiger partial charge in [-0.25, -0.2) is 0 Å². The van der Waals surface area contributed by atoms with Crippen molar-refractivity contribution in [2.75, 3.05) is 18.5 Å². The van der Waals surface area contributed by atoms with E-state index in [9.17, 15) is 28.3 Å².